The van der Waals surface area contributed by atoms with Crippen LogP contribution in [0, 0.1) is 11.6 Å². The molecule has 2 aromatic carbocycles. The molecule has 0 saturated carbocycles. The van der Waals surface area contributed by atoms with Crippen molar-refractivity contribution in [3.8, 4) is 11.1 Å². The lowest BCUT2D eigenvalue weighted by Gasteiger charge is -2.40. The zero-order chi connectivity index (χ0) is 23.6. The van der Waals surface area contributed by atoms with Crippen molar-refractivity contribution in [2.24, 2.45) is 0 Å². The molecule has 3 aliphatic rings. The highest BCUT2D eigenvalue weighted by molar-refractivity contribution is 7.99. The number of carbonyl (C=O) groups excluding carboxylic acids is 1. The number of hydrogen-bond donors (Lipinski definition) is 2. The largest absolute Gasteiger partial charge is 0.354 e. The number of anilines is 1. The van der Waals surface area contributed by atoms with E-state index in [9.17, 15) is 18.4 Å². The number of rotatable bonds is 2. The Balaban J connectivity index is 1.58. The highest BCUT2D eigenvalue weighted by atomic mass is 35.5. The maximum Gasteiger partial charge on any atom is 0.350 e. The van der Waals surface area contributed by atoms with Crippen molar-refractivity contribution in [1.82, 2.24) is 20.2 Å². The van der Waals surface area contributed by atoms with Gasteiger partial charge in [0.25, 0.3) is 0 Å². The van der Waals surface area contributed by atoms with E-state index in [4.69, 9.17) is 11.6 Å². The average Bonchev–Trinajstić information content (AvgIpc) is 3.15. The van der Waals surface area contributed by atoms with Gasteiger partial charge in [-0.2, -0.15) is 4.98 Å². The van der Waals surface area contributed by atoms with Gasteiger partial charge in [-0.05, 0) is 24.6 Å². The summed E-state index contributed by atoms with van der Waals surface area (Å²) in [6.45, 7) is 2.55. The Morgan fingerprint density at radius 1 is 1.15 bits per heavy atom. The minimum absolute atomic E-state index is 0.0562. The van der Waals surface area contributed by atoms with Crippen molar-refractivity contribution in [3.63, 3.8) is 0 Å². The van der Waals surface area contributed by atoms with Crippen molar-refractivity contribution >= 4 is 46.0 Å². The smallest absolute Gasteiger partial charge is 0.350 e. The van der Waals surface area contributed by atoms with Crippen LogP contribution in [0.3, 0.4) is 0 Å². The van der Waals surface area contributed by atoms with Crippen molar-refractivity contribution in [2.45, 2.75) is 23.4 Å². The summed E-state index contributed by atoms with van der Waals surface area (Å²) in [5, 5.41) is 7.18. The fourth-order valence-electron chi connectivity index (χ4n) is 5.20. The fraction of sp³-hybridized carbons (Fsp3) is 0.348. The lowest BCUT2D eigenvalue weighted by Crippen LogP contribution is -2.64. The predicted octanol–water partition coefficient (Wildman–Crippen LogP) is 2.77. The van der Waals surface area contributed by atoms with Gasteiger partial charge >= 0.3 is 5.69 Å². The van der Waals surface area contributed by atoms with Crippen molar-refractivity contribution < 1.29 is 13.6 Å². The Bertz CT molecular complexity index is 1430. The standard InChI is InChI=1S/C23H20ClF2N5O2S/c24-15-10-14-18-19(17(15)13-2-1-12(25)9-16(13)26)34-8-7-31(18)22(33)29-20(14)30-6-5-28-23(11-30)3-4-27-21(23)32/h1-2,9-10,28H,3-8,11H2,(H,27,32). The van der Waals surface area contributed by atoms with Crippen LogP contribution < -0.4 is 21.2 Å². The molecular weight excluding hydrogens is 484 g/mol. The second-order valence-electron chi connectivity index (χ2n) is 8.74. The number of halogens is 3. The number of carbonyl (C=O) groups is 1. The average molecular weight is 504 g/mol. The Kier molecular flexibility index (Phi) is 5.09. The van der Waals surface area contributed by atoms with E-state index in [0.717, 1.165) is 6.07 Å². The quantitative estimate of drug-likeness (QED) is 0.560. The first-order valence-corrected chi connectivity index (χ1v) is 12.4. The lowest BCUT2D eigenvalue weighted by molar-refractivity contribution is -0.124. The zero-order valence-electron chi connectivity index (χ0n) is 18.0. The van der Waals surface area contributed by atoms with E-state index >= 15 is 0 Å². The third-order valence-corrected chi connectivity index (χ3v) is 8.16. The van der Waals surface area contributed by atoms with E-state index in [2.05, 4.69) is 15.6 Å². The molecule has 176 valence electrons. The van der Waals surface area contributed by atoms with Gasteiger partial charge in [0.1, 0.15) is 23.0 Å². The van der Waals surface area contributed by atoms with E-state index in [1.54, 1.807) is 10.6 Å². The van der Waals surface area contributed by atoms with Gasteiger partial charge in [-0.15, -0.1) is 11.8 Å². The van der Waals surface area contributed by atoms with Crippen LogP contribution in [0.5, 0.6) is 0 Å². The molecule has 1 amide bonds. The van der Waals surface area contributed by atoms with Gasteiger partial charge in [0.2, 0.25) is 5.91 Å². The van der Waals surface area contributed by atoms with Gasteiger partial charge in [-0.25, -0.2) is 13.6 Å². The van der Waals surface area contributed by atoms with Gasteiger partial charge in [-0.3, -0.25) is 9.36 Å². The molecular formula is C23H20ClF2N5O2S. The summed E-state index contributed by atoms with van der Waals surface area (Å²) in [5.41, 5.74) is 0.127. The molecule has 2 N–H and O–H groups in total. The molecule has 1 unspecified atom stereocenters. The van der Waals surface area contributed by atoms with Crippen LogP contribution >= 0.6 is 23.4 Å². The van der Waals surface area contributed by atoms with Crippen molar-refractivity contribution in [3.05, 3.63) is 51.4 Å². The van der Waals surface area contributed by atoms with Gasteiger partial charge in [0, 0.05) is 66.0 Å². The molecule has 3 aromatic rings. The molecule has 34 heavy (non-hydrogen) atoms. The van der Waals surface area contributed by atoms with Crippen LogP contribution in [-0.2, 0) is 11.3 Å². The Morgan fingerprint density at radius 3 is 2.76 bits per heavy atom. The summed E-state index contributed by atoms with van der Waals surface area (Å²) < 4.78 is 29.9. The molecule has 11 heteroatoms. The minimum Gasteiger partial charge on any atom is -0.354 e. The highest BCUT2D eigenvalue weighted by Gasteiger charge is 2.46. The normalized spacial score (nSPS) is 22.0. The molecule has 4 heterocycles. The van der Waals surface area contributed by atoms with Crippen LogP contribution in [0.25, 0.3) is 22.0 Å². The first-order chi connectivity index (χ1) is 16.4. The molecule has 7 nitrogen and oxygen atoms in total. The number of amides is 1. The Labute approximate surface area is 202 Å². The summed E-state index contributed by atoms with van der Waals surface area (Å²) in [6.07, 6.45) is 0.646. The van der Waals surface area contributed by atoms with Crippen LogP contribution in [-0.4, -0.2) is 52.9 Å². The Morgan fingerprint density at radius 2 is 2.00 bits per heavy atom. The number of benzene rings is 2. The summed E-state index contributed by atoms with van der Waals surface area (Å²) in [6, 6.07) is 5.09. The third kappa shape index (κ3) is 3.23. The third-order valence-electron chi connectivity index (χ3n) is 6.79. The lowest BCUT2D eigenvalue weighted by atomic mass is 9.94. The molecule has 6 rings (SSSR count). The predicted molar refractivity (Wildman–Crippen MR) is 128 cm³/mol. The molecule has 1 spiro atoms. The minimum atomic E-state index is -0.725. The number of nitrogens with one attached hydrogen (secondary N) is 2. The molecule has 2 saturated heterocycles. The van der Waals surface area contributed by atoms with E-state index in [1.807, 2.05) is 4.90 Å². The SMILES string of the molecule is O=C1NCCC12CN(c1nc(=O)n3c4c(c(-c5ccc(F)cc5F)c(Cl)cc14)SCC3)CCN2. The van der Waals surface area contributed by atoms with Crippen molar-refractivity contribution in [1.29, 1.82) is 0 Å². The van der Waals surface area contributed by atoms with Gasteiger partial charge in [-0.1, -0.05) is 11.6 Å². The summed E-state index contributed by atoms with van der Waals surface area (Å²) >= 11 is 8.21. The maximum atomic E-state index is 14.8. The number of thioether (sulfide) groups is 1. The second-order valence-corrected chi connectivity index (χ2v) is 10.2. The number of aryl methyl sites for hydroxylation is 1. The molecule has 0 bridgehead atoms. The zero-order valence-corrected chi connectivity index (χ0v) is 19.5. The van der Waals surface area contributed by atoms with Gasteiger partial charge in [0.15, 0.2) is 0 Å². The Hall–Kier alpha value is -2.69. The number of hydrogen-bond acceptors (Lipinski definition) is 6. The van der Waals surface area contributed by atoms with E-state index < -0.39 is 22.9 Å². The molecule has 1 aromatic heterocycles. The second kappa shape index (κ2) is 7.93. The molecule has 2 fully saturated rings. The summed E-state index contributed by atoms with van der Waals surface area (Å²) in [5.74, 6) is -0.390. The number of nitrogens with zero attached hydrogens (tertiary/aromatic N) is 3. The highest BCUT2D eigenvalue weighted by Crippen LogP contribution is 2.46. The van der Waals surface area contributed by atoms with E-state index in [-0.39, 0.29) is 11.5 Å². The van der Waals surface area contributed by atoms with Crippen LogP contribution in [0.15, 0.2) is 34.0 Å². The monoisotopic (exact) mass is 503 g/mol. The first kappa shape index (κ1) is 21.8. The molecule has 1 atom stereocenters. The number of piperazine rings is 1. The molecule has 0 aliphatic carbocycles. The number of aromatic nitrogens is 2. The van der Waals surface area contributed by atoms with Crippen LogP contribution in [0.4, 0.5) is 14.6 Å². The fourth-order valence-corrected chi connectivity index (χ4v) is 6.76. The van der Waals surface area contributed by atoms with Crippen LogP contribution in [0.1, 0.15) is 6.42 Å². The van der Waals surface area contributed by atoms with E-state index in [0.29, 0.717) is 77.1 Å². The van der Waals surface area contributed by atoms with E-state index in [1.165, 1.54) is 23.9 Å². The van der Waals surface area contributed by atoms with Gasteiger partial charge in [0.05, 0.1) is 10.5 Å². The first-order valence-electron chi connectivity index (χ1n) is 11.0. The van der Waals surface area contributed by atoms with Crippen LogP contribution in [0.2, 0.25) is 5.02 Å². The van der Waals surface area contributed by atoms with Gasteiger partial charge < -0.3 is 15.5 Å². The molecule has 0 radical (unpaired) electrons. The van der Waals surface area contributed by atoms with Crippen molar-refractivity contribution in [2.75, 3.05) is 36.8 Å². The topological polar surface area (TPSA) is 79.3 Å². The maximum absolute atomic E-state index is 14.8. The summed E-state index contributed by atoms with van der Waals surface area (Å²) in [4.78, 5) is 32.7. The summed E-state index contributed by atoms with van der Waals surface area (Å²) in [7, 11) is 0. The molecule has 3 aliphatic heterocycles.